The van der Waals surface area contributed by atoms with E-state index in [0.717, 1.165) is 5.69 Å². The third-order valence-electron chi connectivity index (χ3n) is 4.51. The molecule has 0 fully saturated rings. The normalized spacial score (nSPS) is 11.5. The molecule has 0 N–H and O–H groups in total. The molecule has 122 valence electrons. The van der Waals surface area contributed by atoms with Gasteiger partial charge >= 0.3 is 0 Å². The summed E-state index contributed by atoms with van der Waals surface area (Å²) in [4.78, 5) is 4.58. The van der Waals surface area contributed by atoms with Crippen molar-refractivity contribution in [3.63, 3.8) is 0 Å². The maximum atomic E-state index is 4.58. The van der Waals surface area contributed by atoms with E-state index < -0.39 is 0 Å². The van der Waals surface area contributed by atoms with Crippen LogP contribution in [-0.2, 0) is 5.41 Å². The van der Waals surface area contributed by atoms with E-state index in [1.807, 2.05) is 18.3 Å². The molecule has 0 amide bonds. The second kappa shape index (κ2) is 6.20. The van der Waals surface area contributed by atoms with Gasteiger partial charge in [-0.2, -0.15) is 4.57 Å². The van der Waals surface area contributed by atoms with Gasteiger partial charge in [-0.1, -0.05) is 32.9 Å². The number of rotatable bonds is 2. The van der Waals surface area contributed by atoms with Gasteiger partial charge in [-0.3, -0.25) is 4.98 Å². The average molecular weight is 317 g/mol. The molecule has 0 unspecified atom stereocenters. The fraction of sp³-hybridized carbons (Fsp3) is 0.273. The van der Waals surface area contributed by atoms with Crippen molar-refractivity contribution in [3.8, 4) is 16.9 Å². The summed E-state index contributed by atoms with van der Waals surface area (Å²) in [5.74, 6) is 0. The SMILES string of the molecule is Cc1c(-c2ccccn2)cc(C(C)(C)C)cc1-[n+]1ccccc1C. The fourth-order valence-corrected chi connectivity index (χ4v) is 2.97. The zero-order valence-corrected chi connectivity index (χ0v) is 15.2. The third kappa shape index (κ3) is 3.09. The van der Waals surface area contributed by atoms with E-state index in [1.165, 1.54) is 28.1 Å². The van der Waals surface area contributed by atoms with E-state index in [2.05, 4.69) is 86.8 Å². The van der Waals surface area contributed by atoms with Crippen LogP contribution >= 0.6 is 0 Å². The van der Waals surface area contributed by atoms with Gasteiger partial charge in [0.15, 0.2) is 11.9 Å². The molecule has 0 radical (unpaired) electrons. The molecule has 0 bridgehead atoms. The molecule has 0 aliphatic carbocycles. The smallest absolute Gasteiger partial charge is 0.214 e. The van der Waals surface area contributed by atoms with E-state index in [-0.39, 0.29) is 5.41 Å². The minimum Gasteiger partial charge on any atom is -0.256 e. The first-order valence-corrected chi connectivity index (χ1v) is 8.42. The van der Waals surface area contributed by atoms with Crippen LogP contribution in [-0.4, -0.2) is 4.98 Å². The van der Waals surface area contributed by atoms with Gasteiger partial charge in [0.25, 0.3) is 0 Å². The number of benzene rings is 1. The van der Waals surface area contributed by atoms with Crippen LogP contribution in [0, 0.1) is 13.8 Å². The van der Waals surface area contributed by atoms with Crippen LogP contribution in [0.1, 0.15) is 37.6 Å². The summed E-state index contributed by atoms with van der Waals surface area (Å²) in [6.07, 6.45) is 3.99. The standard InChI is InChI=1S/C22H25N2/c1-16-10-7-9-13-24(16)21-15-18(22(3,4)5)14-19(17(21)2)20-11-6-8-12-23-20/h6-15H,1-5H3/q+1. The molecule has 0 saturated carbocycles. The van der Waals surface area contributed by atoms with Gasteiger partial charge in [-0.05, 0) is 36.1 Å². The third-order valence-corrected chi connectivity index (χ3v) is 4.51. The molecule has 2 heterocycles. The maximum Gasteiger partial charge on any atom is 0.214 e. The minimum absolute atomic E-state index is 0.0786. The van der Waals surface area contributed by atoms with Crippen molar-refractivity contribution < 1.29 is 4.57 Å². The Bertz CT molecular complexity index is 859. The van der Waals surface area contributed by atoms with Crippen molar-refractivity contribution in [2.45, 2.75) is 40.0 Å². The van der Waals surface area contributed by atoms with Gasteiger partial charge in [-0.15, -0.1) is 0 Å². The molecule has 0 saturated heterocycles. The number of aryl methyl sites for hydroxylation is 1. The first-order chi connectivity index (χ1) is 11.4. The summed E-state index contributed by atoms with van der Waals surface area (Å²) in [6.45, 7) is 11.1. The Morgan fingerprint density at radius 1 is 0.917 bits per heavy atom. The fourth-order valence-electron chi connectivity index (χ4n) is 2.97. The number of hydrogen-bond acceptors (Lipinski definition) is 1. The summed E-state index contributed by atoms with van der Waals surface area (Å²) in [5, 5.41) is 0. The minimum atomic E-state index is 0.0786. The zero-order valence-electron chi connectivity index (χ0n) is 15.2. The second-order valence-corrected chi connectivity index (χ2v) is 7.34. The number of pyridine rings is 2. The van der Waals surface area contributed by atoms with Crippen LogP contribution in [0.3, 0.4) is 0 Å². The molecule has 0 atom stereocenters. The maximum absolute atomic E-state index is 4.58. The highest BCUT2D eigenvalue weighted by atomic mass is 15.0. The molecule has 3 rings (SSSR count). The van der Waals surface area contributed by atoms with Crippen molar-refractivity contribution in [1.29, 1.82) is 0 Å². The van der Waals surface area contributed by atoms with E-state index in [0.29, 0.717) is 0 Å². The lowest BCUT2D eigenvalue weighted by molar-refractivity contribution is -0.603. The molecule has 2 aromatic heterocycles. The van der Waals surface area contributed by atoms with Gasteiger partial charge < -0.3 is 0 Å². The van der Waals surface area contributed by atoms with Gasteiger partial charge in [0.1, 0.15) is 0 Å². The Labute approximate surface area is 144 Å². The Balaban J connectivity index is 2.32. The Morgan fingerprint density at radius 2 is 1.67 bits per heavy atom. The first kappa shape index (κ1) is 16.4. The second-order valence-electron chi connectivity index (χ2n) is 7.34. The van der Waals surface area contributed by atoms with Crippen LogP contribution in [0.4, 0.5) is 0 Å². The van der Waals surface area contributed by atoms with Crippen LogP contribution in [0.5, 0.6) is 0 Å². The molecule has 2 heteroatoms. The highest BCUT2D eigenvalue weighted by molar-refractivity contribution is 5.68. The highest BCUT2D eigenvalue weighted by Crippen LogP contribution is 2.32. The predicted octanol–water partition coefficient (Wildman–Crippen LogP) is 4.94. The van der Waals surface area contributed by atoms with Crippen LogP contribution in [0.25, 0.3) is 16.9 Å². The molecule has 24 heavy (non-hydrogen) atoms. The van der Waals surface area contributed by atoms with Crippen molar-refractivity contribution >= 4 is 0 Å². The summed E-state index contributed by atoms with van der Waals surface area (Å²) in [6, 6.07) is 17.0. The number of nitrogens with zero attached hydrogens (tertiary/aromatic N) is 2. The molecule has 0 spiro atoms. The predicted molar refractivity (Wildman–Crippen MR) is 99.4 cm³/mol. The summed E-state index contributed by atoms with van der Waals surface area (Å²) >= 11 is 0. The summed E-state index contributed by atoms with van der Waals surface area (Å²) < 4.78 is 2.26. The first-order valence-electron chi connectivity index (χ1n) is 8.42. The van der Waals surface area contributed by atoms with Gasteiger partial charge in [0, 0.05) is 42.4 Å². The van der Waals surface area contributed by atoms with Crippen molar-refractivity contribution in [2.24, 2.45) is 0 Å². The quantitative estimate of drug-likeness (QED) is 0.612. The summed E-state index contributed by atoms with van der Waals surface area (Å²) in [5.41, 5.74) is 7.32. The average Bonchev–Trinajstić information content (AvgIpc) is 2.55. The van der Waals surface area contributed by atoms with Crippen molar-refractivity contribution in [1.82, 2.24) is 4.98 Å². The molecular weight excluding hydrogens is 292 g/mol. The van der Waals surface area contributed by atoms with Crippen LogP contribution < -0.4 is 4.57 Å². The van der Waals surface area contributed by atoms with E-state index in [9.17, 15) is 0 Å². The lowest BCUT2D eigenvalue weighted by Gasteiger charge is -2.21. The Morgan fingerprint density at radius 3 is 2.29 bits per heavy atom. The highest BCUT2D eigenvalue weighted by Gasteiger charge is 2.23. The summed E-state index contributed by atoms with van der Waals surface area (Å²) in [7, 11) is 0. The van der Waals surface area contributed by atoms with E-state index >= 15 is 0 Å². The molecule has 2 nitrogen and oxygen atoms in total. The van der Waals surface area contributed by atoms with Gasteiger partial charge in [0.2, 0.25) is 5.69 Å². The molecular formula is C22H25N2+. The Kier molecular flexibility index (Phi) is 4.23. The zero-order chi connectivity index (χ0) is 17.3. The number of aromatic nitrogens is 2. The molecule has 0 aliphatic rings. The van der Waals surface area contributed by atoms with Gasteiger partial charge in [-0.25, -0.2) is 0 Å². The van der Waals surface area contributed by atoms with Crippen molar-refractivity contribution in [3.05, 3.63) is 77.7 Å². The molecule has 1 aromatic carbocycles. The monoisotopic (exact) mass is 317 g/mol. The topological polar surface area (TPSA) is 16.8 Å². The van der Waals surface area contributed by atoms with E-state index in [1.54, 1.807) is 0 Å². The molecule has 3 aromatic rings. The number of hydrogen-bond donors (Lipinski definition) is 0. The van der Waals surface area contributed by atoms with Gasteiger partial charge in [0.05, 0.1) is 5.69 Å². The molecule has 0 aliphatic heterocycles. The van der Waals surface area contributed by atoms with E-state index in [4.69, 9.17) is 0 Å². The largest absolute Gasteiger partial charge is 0.256 e. The van der Waals surface area contributed by atoms with Crippen LogP contribution in [0.15, 0.2) is 60.9 Å². The lowest BCUT2D eigenvalue weighted by atomic mass is 9.84. The van der Waals surface area contributed by atoms with Crippen LogP contribution in [0.2, 0.25) is 0 Å². The van der Waals surface area contributed by atoms with Crippen molar-refractivity contribution in [2.75, 3.05) is 0 Å². The Hall–Kier alpha value is -2.48. The lowest BCUT2D eigenvalue weighted by Crippen LogP contribution is -2.35.